The number of fused-ring (bicyclic) bond motifs is 1. The van der Waals surface area contributed by atoms with Crippen LogP contribution in [0.1, 0.15) is 17.5 Å². The molecule has 0 atom stereocenters. The molecule has 2 aromatic heterocycles. The van der Waals surface area contributed by atoms with Crippen LogP contribution in [0.2, 0.25) is 0 Å². The first-order chi connectivity index (χ1) is 11.6. The second-order valence-corrected chi connectivity index (χ2v) is 6.25. The third-order valence-corrected chi connectivity index (χ3v) is 4.57. The number of aryl methyl sites for hydroxylation is 2. The second-order valence-electron chi connectivity index (χ2n) is 5.19. The molecule has 0 unspecified atom stereocenters. The monoisotopic (exact) mass is 337 g/mol. The minimum absolute atomic E-state index is 0.0274. The van der Waals surface area contributed by atoms with Gasteiger partial charge >= 0.3 is 0 Å². The summed E-state index contributed by atoms with van der Waals surface area (Å²) >= 11 is 1.31. The molecule has 0 radical (unpaired) electrons. The summed E-state index contributed by atoms with van der Waals surface area (Å²) in [6.07, 6.45) is 4.25. The third-order valence-electron chi connectivity index (χ3n) is 3.58. The number of carbonyl (C=O) groups excluding carboxylic acids is 1. The molecule has 0 saturated heterocycles. The molecule has 0 aliphatic rings. The molecule has 3 rings (SSSR count). The van der Waals surface area contributed by atoms with Crippen molar-refractivity contribution in [1.29, 1.82) is 5.26 Å². The molecule has 0 aliphatic carbocycles. The summed E-state index contributed by atoms with van der Waals surface area (Å²) in [5.74, 6) is -0.482. The molecule has 1 aromatic carbocycles. The molecular formula is C17H15N5OS. The van der Waals surface area contributed by atoms with Crippen molar-refractivity contribution in [3.05, 3.63) is 46.6 Å². The van der Waals surface area contributed by atoms with Crippen molar-refractivity contribution in [3.8, 4) is 6.07 Å². The van der Waals surface area contributed by atoms with Gasteiger partial charge in [-0.1, -0.05) is 36.5 Å². The van der Waals surface area contributed by atoms with Crippen molar-refractivity contribution >= 4 is 39.4 Å². The molecule has 0 bridgehead atoms. The number of amides is 1. The number of nitriles is 1. The third kappa shape index (κ3) is 3.05. The summed E-state index contributed by atoms with van der Waals surface area (Å²) < 4.78 is 1.96. The van der Waals surface area contributed by atoms with Gasteiger partial charge < -0.3 is 4.57 Å². The van der Waals surface area contributed by atoms with Gasteiger partial charge in [-0.05, 0) is 18.6 Å². The maximum absolute atomic E-state index is 12.3. The molecule has 3 aromatic rings. The second kappa shape index (κ2) is 6.64. The van der Waals surface area contributed by atoms with E-state index >= 15 is 0 Å². The van der Waals surface area contributed by atoms with Gasteiger partial charge in [0.1, 0.15) is 16.6 Å². The summed E-state index contributed by atoms with van der Waals surface area (Å²) in [4.78, 5) is 12.3. The highest BCUT2D eigenvalue weighted by Gasteiger charge is 2.14. The van der Waals surface area contributed by atoms with Crippen LogP contribution in [0.15, 0.2) is 36.0 Å². The number of anilines is 1. The number of benzene rings is 1. The van der Waals surface area contributed by atoms with Gasteiger partial charge in [-0.15, -0.1) is 10.2 Å². The minimum Gasteiger partial charge on any atom is -0.350 e. The van der Waals surface area contributed by atoms with Crippen LogP contribution in [0.4, 0.5) is 5.13 Å². The van der Waals surface area contributed by atoms with E-state index in [4.69, 9.17) is 0 Å². The van der Waals surface area contributed by atoms with Crippen molar-refractivity contribution in [2.75, 3.05) is 5.32 Å². The van der Waals surface area contributed by atoms with Crippen LogP contribution in [0.5, 0.6) is 0 Å². The fraction of sp³-hybridized carbons (Fsp3) is 0.176. The van der Waals surface area contributed by atoms with E-state index in [1.807, 2.05) is 55.1 Å². The number of aromatic nitrogens is 3. The minimum atomic E-state index is -0.482. The average Bonchev–Trinajstić information content (AvgIpc) is 3.17. The van der Waals surface area contributed by atoms with Gasteiger partial charge in [0.15, 0.2) is 0 Å². The molecular weight excluding hydrogens is 322 g/mol. The van der Waals surface area contributed by atoms with Crippen molar-refractivity contribution < 1.29 is 4.79 Å². The Labute approximate surface area is 143 Å². The van der Waals surface area contributed by atoms with E-state index in [9.17, 15) is 10.1 Å². The van der Waals surface area contributed by atoms with Gasteiger partial charge in [-0.25, -0.2) is 0 Å². The van der Waals surface area contributed by atoms with Crippen LogP contribution in [0.3, 0.4) is 0 Å². The lowest BCUT2D eigenvalue weighted by Crippen LogP contribution is -2.13. The Balaban J connectivity index is 1.91. The van der Waals surface area contributed by atoms with E-state index < -0.39 is 5.91 Å². The van der Waals surface area contributed by atoms with Crippen molar-refractivity contribution in [1.82, 2.24) is 14.8 Å². The standard InChI is InChI=1S/C17H15N5OS/c1-3-15-20-21-17(24-15)19-16(23)11(9-18)8-12-10-22(2)14-7-5-4-6-13(12)14/h4-8,10H,3H2,1-2H3,(H,19,21,23). The molecule has 0 saturated carbocycles. The number of hydrogen-bond donors (Lipinski definition) is 1. The zero-order valence-corrected chi connectivity index (χ0v) is 14.1. The molecule has 0 fully saturated rings. The molecule has 7 heteroatoms. The molecule has 0 spiro atoms. The highest BCUT2D eigenvalue weighted by atomic mass is 32.1. The quantitative estimate of drug-likeness (QED) is 0.585. The van der Waals surface area contributed by atoms with Gasteiger partial charge in [-0.3, -0.25) is 10.1 Å². The Bertz CT molecular complexity index is 976. The topological polar surface area (TPSA) is 83.6 Å². The number of nitrogens with zero attached hydrogens (tertiary/aromatic N) is 4. The molecule has 1 amide bonds. The van der Waals surface area contributed by atoms with Gasteiger partial charge in [0, 0.05) is 29.7 Å². The van der Waals surface area contributed by atoms with E-state index in [2.05, 4.69) is 15.5 Å². The van der Waals surface area contributed by atoms with E-state index in [1.165, 1.54) is 11.3 Å². The summed E-state index contributed by atoms with van der Waals surface area (Å²) in [6.45, 7) is 1.97. The SMILES string of the molecule is CCc1nnc(NC(=O)C(C#N)=Cc2cn(C)c3ccccc23)s1. The molecule has 0 aliphatic heterocycles. The van der Waals surface area contributed by atoms with Crippen molar-refractivity contribution in [3.63, 3.8) is 0 Å². The average molecular weight is 337 g/mol. The van der Waals surface area contributed by atoms with Gasteiger partial charge in [0.2, 0.25) is 5.13 Å². The smallest absolute Gasteiger partial charge is 0.268 e. The summed E-state index contributed by atoms with van der Waals surface area (Å²) in [5, 5.41) is 22.1. The van der Waals surface area contributed by atoms with E-state index in [1.54, 1.807) is 6.08 Å². The maximum Gasteiger partial charge on any atom is 0.268 e. The fourth-order valence-corrected chi connectivity index (χ4v) is 3.08. The number of nitrogens with one attached hydrogen (secondary N) is 1. The first kappa shape index (κ1) is 15.9. The Hall–Kier alpha value is -2.98. The van der Waals surface area contributed by atoms with Crippen LogP contribution in [0, 0.1) is 11.3 Å². The van der Waals surface area contributed by atoms with Gasteiger partial charge in [-0.2, -0.15) is 5.26 Å². The Morgan fingerprint density at radius 2 is 2.21 bits per heavy atom. The fourth-order valence-electron chi connectivity index (χ4n) is 2.40. The molecule has 24 heavy (non-hydrogen) atoms. The van der Waals surface area contributed by atoms with E-state index in [-0.39, 0.29) is 5.57 Å². The van der Waals surface area contributed by atoms with E-state index in [0.717, 1.165) is 27.9 Å². The predicted octanol–water partition coefficient (Wildman–Crippen LogP) is 3.14. The lowest BCUT2D eigenvalue weighted by Gasteiger charge is -1.99. The number of para-hydroxylation sites is 1. The normalized spacial score (nSPS) is 11.5. The summed E-state index contributed by atoms with van der Waals surface area (Å²) in [7, 11) is 1.93. The Kier molecular flexibility index (Phi) is 4.40. The lowest BCUT2D eigenvalue weighted by molar-refractivity contribution is -0.112. The Morgan fingerprint density at radius 1 is 1.42 bits per heavy atom. The maximum atomic E-state index is 12.3. The molecule has 1 N–H and O–H groups in total. The lowest BCUT2D eigenvalue weighted by atomic mass is 10.1. The van der Waals surface area contributed by atoms with Gasteiger partial charge in [0.05, 0.1) is 0 Å². The number of rotatable bonds is 4. The summed E-state index contributed by atoms with van der Waals surface area (Å²) in [5.41, 5.74) is 1.89. The van der Waals surface area contributed by atoms with Crippen molar-refractivity contribution in [2.45, 2.75) is 13.3 Å². The van der Waals surface area contributed by atoms with E-state index in [0.29, 0.717) is 5.13 Å². The molecule has 2 heterocycles. The van der Waals surface area contributed by atoms with Crippen LogP contribution in [-0.4, -0.2) is 20.7 Å². The van der Waals surface area contributed by atoms with Gasteiger partial charge in [0.25, 0.3) is 5.91 Å². The highest BCUT2D eigenvalue weighted by molar-refractivity contribution is 7.15. The highest BCUT2D eigenvalue weighted by Crippen LogP contribution is 2.23. The van der Waals surface area contributed by atoms with Crippen LogP contribution >= 0.6 is 11.3 Å². The van der Waals surface area contributed by atoms with Crippen LogP contribution < -0.4 is 5.32 Å². The first-order valence-electron chi connectivity index (χ1n) is 7.42. The van der Waals surface area contributed by atoms with Crippen LogP contribution in [0.25, 0.3) is 17.0 Å². The molecule has 6 nitrogen and oxygen atoms in total. The summed E-state index contributed by atoms with van der Waals surface area (Å²) in [6, 6.07) is 9.80. The number of hydrogen-bond acceptors (Lipinski definition) is 5. The molecule has 120 valence electrons. The van der Waals surface area contributed by atoms with Crippen LogP contribution in [-0.2, 0) is 18.3 Å². The predicted molar refractivity (Wildman–Crippen MR) is 94.4 cm³/mol. The first-order valence-corrected chi connectivity index (χ1v) is 8.23. The largest absolute Gasteiger partial charge is 0.350 e. The zero-order chi connectivity index (χ0) is 17.1. The number of carbonyl (C=O) groups is 1. The van der Waals surface area contributed by atoms with Crippen molar-refractivity contribution in [2.24, 2.45) is 7.05 Å². The zero-order valence-electron chi connectivity index (χ0n) is 13.3. The Morgan fingerprint density at radius 3 is 2.92 bits per heavy atom.